The van der Waals surface area contributed by atoms with Gasteiger partial charge in [-0.1, -0.05) is 33.6 Å². The molecule has 0 aromatic rings. The standard InChI is InChI=1S/C23H40O/c1-4-5-6-16-8-10-20-19-9-7-17-15-18(24)11-13-23(17,3)21(19)12-14-22(16,20)2/h16-21,24H,4-15H2,1-3H3/t16-,17+,18+,19-,20-,21-,22+,23-/m0/s1. The first-order valence-corrected chi connectivity index (χ1v) is 11.2. The van der Waals surface area contributed by atoms with Gasteiger partial charge in [-0.15, -0.1) is 0 Å². The van der Waals surface area contributed by atoms with Gasteiger partial charge in [0.05, 0.1) is 6.10 Å². The molecule has 0 bridgehead atoms. The van der Waals surface area contributed by atoms with Gasteiger partial charge >= 0.3 is 0 Å². The SMILES string of the molecule is CCCC[C@H]1CC[C@H]2[C@@H]3CC[C@@H]4C[C@H](O)CC[C@]4(C)[C@H]3CC[C@]12C. The van der Waals surface area contributed by atoms with Crippen molar-refractivity contribution in [3.8, 4) is 0 Å². The molecule has 1 heteroatoms. The topological polar surface area (TPSA) is 20.2 Å². The summed E-state index contributed by atoms with van der Waals surface area (Å²) in [7, 11) is 0. The van der Waals surface area contributed by atoms with Crippen molar-refractivity contribution in [2.45, 2.75) is 104 Å². The van der Waals surface area contributed by atoms with Crippen LogP contribution in [0.2, 0.25) is 0 Å². The summed E-state index contributed by atoms with van der Waals surface area (Å²) in [5.41, 5.74) is 1.21. The molecule has 8 atom stereocenters. The van der Waals surface area contributed by atoms with Crippen LogP contribution in [0.1, 0.15) is 97.8 Å². The Labute approximate surface area is 150 Å². The number of aliphatic hydroxyl groups excluding tert-OH is 1. The highest BCUT2D eigenvalue weighted by Crippen LogP contribution is 2.67. The summed E-state index contributed by atoms with van der Waals surface area (Å²) < 4.78 is 0. The molecule has 0 unspecified atom stereocenters. The van der Waals surface area contributed by atoms with Crippen molar-refractivity contribution < 1.29 is 5.11 Å². The molecule has 0 aromatic heterocycles. The van der Waals surface area contributed by atoms with Crippen LogP contribution in [-0.4, -0.2) is 11.2 Å². The molecule has 0 aromatic carbocycles. The fraction of sp³-hybridized carbons (Fsp3) is 1.00. The molecular weight excluding hydrogens is 292 g/mol. The van der Waals surface area contributed by atoms with E-state index in [-0.39, 0.29) is 6.10 Å². The summed E-state index contributed by atoms with van der Waals surface area (Å²) in [4.78, 5) is 0. The van der Waals surface area contributed by atoms with E-state index in [1.807, 2.05) is 0 Å². The Bertz CT molecular complexity index is 459. The normalized spacial score (nSPS) is 54.0. The summed E-state index contributed by atoms with van der Waals surface area (Å²) in [6.45, 7) is 7.65. The van der Waals surface area contributed by atoms with E-state index in [0.717, 1.165) is 42.4 Å². The molecule has 0 heterocycles. The van der Waals surface area contributed by atoms with Crippen LogP contribution in [0.5, 0.6) is 0 Å². The molecule has 0 saturated heterocycles. The predicted octanol–water partition coefficient (Wildman–Crippen LogP) is 6.20. The second-order valence-electron chi connectivity index (χ2n) is 10.5. The van der Waals surface area contributed by atoms with Crippen molar-refractivity contribution in [1.82, 2.24) is 0 Å². The zero-order valence-corrected chi connectivity index (χ0v) is 16.4. The van der Waals surface area contributed by atoms with E-state index >= 15 is 0 Å². The van der Waals surface area contributed by atoms with Crippen molar-refractivity contribution in [1.29, 1.82) is 0 Å². The van der Waals surface area contributed by atoms with Gasteiger partial charge in [-0.3, -0.25) is 0 Å². The molecule has 0 radical (unpaired) electrons. The lowest BCUT2D eigenvalue weighted by molar-refractivity contribution is -0.127. The third kappa shape index (κ3) is 2.51. The molecule has 1 N–H and O–H groups in total. The molecule has 1 nitrogen and oxygen atoms in total. The number of fused-ring (bicyclic) bond motifs is 5. The number of unbranched alkanes of at least 4 members (excludes halogenated alkanes) is 1. The molecule has 0 amide bonds. The Morgan fingerprint density at radius 2 is 1.62 bits per heavy atom. The van der Waals surface area contributed by atoms with Crippen LogP contribution in [-0.2, 0) is 0 Å². The molecule has 4 fully saturated rings. The number of hydrogen-bond donors (Lipinski definition) is 1. The first-order valence-electron chi connectivity index (χ1n) is 11.2. The summed E-state index contributed by atoms with van der Waals surface area (Å²) in [5.74, 6) is 4.81. The van der Waals surface area contributed by atoms with Crippen molar-refractivity contribution in [3.05, 3.63) is 0 Å². The Morgan fingerprint density at radius 1 is 0.875 bits per heavy atom. The van der Waals surface area contributed by atoms with Gasteiger partial charge in [0, 0.05) is 0 Å². The Hall–Kier alpha value is -0.0400. The zero-order chi connectivity index (χ0) is 16.9. The van der Waals surface area contributed by atoms with Crippen molar-refractivity contribution in [2.75, 3.05) is 0 Å². The van der Waals surface area contributed by atoms with Crippen LogP contribution in [0, 0.1) is 40.4 Å². The Balaban J connectivity index is 1.54. The maximum absolute atomic E-state index is 10.2. The minimum Gasteiger partial charge on any atom is -0.393 e. The molecule has 24 heavy (non-hydrogen) atoms. The summed E-state index contributed by atoms with van der Waals surface area (Å²) >= 11 is 0. The second-order valence-corrected chi connectivity index (χ2v) is 10.5. The van der Waals surface area contributed by atoms with E-state index < -0.39 is 0 Å². The monoisotopic (exact) mass is 332 g/mol. The van der Waals surface area contributed by atoms with Crippen LogP contribution in [0.25, 0.3) is 0 Å². The highest BCUT2D eigenvalue weighted by molar-refractivity contribution is 5.09. The Morgan fingerprint density at radius 3 is 2.42 bits per heavy atom. The van der Waals surface area contributed by atoms with Gasteiger partial charge in [0.15, 0.2) is 0 Å². The van der Waals surface area contributed by atoms with E-state index in [9.17, 15) is 5.11 Å². The minimum atomic E-state index is -0.00149. The van der Waals surface area contributed by atoms with Gasteiger partial charge in [0.2, 0.25) is 0 Å². The zero-order valence-electron chi connectivity index (χ0n) is 16.4. The highest BCUT2D eigenvalue weighted by atomic mass is 16.3. The molecule has 4 aliphatic carbocycles. The van der Waals surface area contributed by atoms with Gasteiger partial charge < -0.3 is 5.11 Å². The van der Waals surface area contributed by atoms with Crippen LogP contribution >= 0.6 is 0 Å². The van der Waals surface area contributed by atoms with Crippen LogP contribution in [0.15, 0.2) is 0 Å². The largest absolute Gasteiger partial charge is 0.393 e. The minimum absolute atomic E-state index is 0.00149. The molecule has 4 rings (SSSR count). The third-order valence-electron chi connectivity index (χ3n) is 9.74. The molecule has 0 aliphatic heterocycles. The number of aliphatic hydroxyl groups is 1. The van der Waals surface area contributed by atoms with Crippen molar-refractivity contribution >= 4 is 0 Å². The first kappa shape index (κ1) is 17.4. The molecule has 4 aliphatic rings. The third-order valence-corrected chi connectivity index (χ3v) is 9.74. The fourth-order valence-corrected chi connectivity index (χ4v) is 8.27. The maximum Gasteiger partial charge on any atom is 0.0543 e. The van der Waals surface area contributed by atoms with Crippen LogP contribution in [0.3, 0.4) is 0 Å². The summed E-state index contributed by atoms with van der Waals surface area (Å²) in [6.07, 6.45) is 16.7. The van der Waals surface area contributed by atoms with Crippen molar-refractivity contribution in [3.63, 3.8) is 0 Å². The average molecular weight is 333 g/mol. The van der Waals surface area contributed by atoms with E-state index in [2.05, 4.69) is 20.8 Å². The van der Waals surface area contributed by atoms with Gasteiger partial charge in [-0.2, -0.15) is 0 Å². The van der Waals surface area contributed by atoms with Gasteiger partial charge in [-0.05, 0) is 105 Å². The van der Waals surface area contributed by atoms with Crippen LogP contribution in [0.4, 0.5) is 0 Å². The van der Waals surface area contributed by atoms with Gasteiger partial charge in [0.1, 0.15) is 0 Å². The molecule has 4 saturated carbocycles. The second kappa shape index (κ2) is 6.29. The quantitative estimate of drug-likeness (QED) is 0.652. The average Bonchev–Trinajstić information content (AvgIpc) is 2.90. The number of hydrogen-bond acceptors (Lipinski definition) is 1. The lowest BCUT2D eigenvalue weighted by Gasteiger charge is -2.61. The maximum atomic E-state index is 10.2. The lowest BCUT2D eigenvalue weighted by atomic mass is 9.44. The molecule has 138 valence electrons. The lowest BCUT2D eigenvalue weighted by Crippen LogP contribution is -2.53. The van der Waals surface area contributed by atoms with E-state index in [1.54, 1.807) is 0 Å². The summed E-state index contributed by atoms with van der Waals surface area (Å²) in [5, 5.41) is 10.2. The summed E-state index contributed by atoms with van der Waals surface area (Å²) in [6, 6.07) is 0. The molecular formula is C23H40O. The van der Waals surface area contributed by atoms with Crippen LogP contribution < -0.4 is 0 Å². The Kier molecular flexibility index (Phi) is 4.55. The first-order chi connectivity index (χ1) is 11.5. The van der Waals surface area contributed by atoms with E-state index in [4.69, 9.17) is 0 Å². The smallest absolute Gasteiger partial charge is 0.0543 e. The van der Waals surface area contributed by atoms with Crippen molar-refractivity contribution in [2.24, 2.45) is 40.4 Å². The van der Waals surface area contributed by atoms with E-state index in [0.29, 0.717) is 10.8 Å². The van der Waals surface area contributed by atoms with Gasteiger partial charge in [-0.25, -0.2) is 0 Å². The molecule has 0 spiro atoms. The number of rotatable bonds is 3. The van der Waals surface area contributed by atoms with E-state index in [1.165, 1.54) is 64.2 Å². The predicted molar refractivity (Wildman–Crippen MR) is 101 cm³/mol. The van der Waals surface area contributed by atoms with Gasteiger partial charge in [0.25, 0.3) is 0 Å². The fourth-order valence-electron chi connectivity index (χ4n) is 8.27. The highest BCUT2D eigenvalue weighted by Gasteiger charge is 2.59.